The van der Waals surface area contributed by atoms with E-state index in [1.807, 2.05) is 0 Å². The molecule has 0 unspecified atom stereocenters. The molecule has 0 aromatic heterocycles. The van der Waals surface area contributed by atoms with Crippen molar-refractivity contribution in [2.45, 2.75) is 0 Å². The Morgan fingerprint density at radius 2 is 2.00 bits per heavy atom. The first-order chi connectivity index (χ1) is 4.30. The predicted octanol–water partition coefficient (Wildman–Crippen LogP) is 0.798. The molecule has 0 atom stereocenters. The Labute approximate surface area is 69.4 Å². The average molecular weight is 238 g/mol. The SMILES string of the molecule is C=C(I)N1CCNCC1. The lowest BCUT2D eigenvalue weighted by atomic mass is 10.4. The van der Waals surface area contributed by atoms with Crippen LogP contribution in [0.3, 0.4) is 0 Å². The summed E-state index contributed by atoms with van der Waals surface area (Å²) in [7, 11) is 0. The summed E-state index contributed by atoms with van der Waals surface area (Å²) in [5, 5.41) is 3.28. The zero-order valence-electron chi connectivity index (χ0n) is 5.36. The van der Waals surface area contributed by atoms with Gasteiger partial charge in [-0.25, -0.2) is 0 Å². The number of hydrogen-bond donors (Lipinski definition) is 1. The molecule has 1 N–H and O–H groups in total. The van der Waals surface area contributed by atoms with Gasteiger partial charge in [0.1, 0.15) is 0 Å². The van der Waals surface area contributed by atoms with Crippen LogP contribution in [0.25, 0.3) is 0 Å². The van der Waals surface area contributed by atoms with Gasteiger partial charge in [-0.3, -0.25) is 0 Å². The van der Waals surface area contributed by atoms with Crippen molar-refractivity contribution >= 4 is 22.6 Å². The van der Waals surface area contributed by atoms with Crippen LogP contribution in [0.2, 0.25) is 0 Å². The van der Waals surface area contributed by atoms with Crippen molar-refractivity contribution in [1.82, 2.24) is 10.2 Å². The van der Waals surface area contributed by atoms with Gasteiger partial charge in [0.05, 0.1) is 3.70 Å². The van der Waals surface area contributed by atoms with Gasteiger partial charge in [0.15, 0.2) is 0 Å². The minimum Gasteiger partial charge on any atom is -0.365 e. The zero-order valence-corrected chi connectivity index (χ0v) is 7.52. The van der Waals surface area contributed by atoms with E-state index in [4.69, 9.17) is 0 Å². The van der Waals surface area contributed by atoms with Gasteiger partial charge in [0, 0.05) is 26.2 Å². The second-order valence-corrected chi connectivity index (χ2v) is 3.36. The minimum atomic E-state index is 1.10. The monoisotopic (exact) mass is 238 g/mol. The first kappa shape index (κ1) is 7.34. The summed E-state index contributed by atoms with van der Waals surface area (Å²) in [6, 6.07) is 0. The van der Waals surface area contributed by atoms with Crippen LogP contribution in [-0.2, 0) is 0 Å². The fourth-order valence-corrected chi connectivity index (χ4v) is 1.39. The van der Waals surface area contributed by atoms with Crippen molar-refractivity contribution < 1.29 is 0 Å². The van der Waals surface area contributed by atoms with E-state index in [-0.39, 0.29) is 0 Å². The van der Waals surface area contributed by atoms with Crippen LogP contribution in [0.4, 0.5) is 0 Å². The summed E-state index contributed by atoms with van der Waals surface area (Å²) >= 11 is 2.27. The first-order valence-corrected chi connectivity index (χ1v) is 4.18. The smallest absolute Gasteiger partial charge is 0.0685 e. The van der Waals surface area contributed by atoms with Crippen molar-refractivity contribution in [3.63, 3.8) is 0 Å². The summed E-state index contributed by atoms with van der Waals surface area (Å²) in [6.07, 6.45) is 0. The highest BCUT2D eigenvalue weighted by atomic mass is 127. The van der Waals surface area contributed by atoms with Gasteiger partial charge in [-0.05, 0) is 22.6 Å². The highest BCUT2D eigenvalue weighted by Crippen LogP contribution is 2.09. The standard InChI is InChI=1S/C6H11IN2/c1-6(7)9-4-2-8-3-5-9/h8H,1-5H2. The maximum absolute atomic E-state index is 3.86. The number of rotatable bonds is 1. The molecular formula is C6H11IN2. The maximum atomic E-state index is 3.86. The van der Waals surface area contributed by atoms with Gasteiger partial charge in [-0.1, -0.05) is 6.58 Å². The second kappa shape index (κ2) is 3.41. The molecule has 0 aromatic carbocycles. The van der Waals surface area contributed by atoms with E-state index in [9.17, 15) is 0 Å². The predicted molar refractivity (Wildman–Crippen MR) is 47.6 cm³/mol. The highest BCUT2D eigenvalue weighted by molar-refractivity contribution is 14.1. The Hall–Kier alpha value is 0.230. The van der Waals surface area contributed by atoms with E-state index in [0.29, 0.717) is 0 Å². The Bertz CT molecular complexity index is 108. The van der Waals surface area contributed by atoms with Crippen molar-refractivity contribution in [2.75, 3.05) is 26.2 Å². The molecule has 9 heavy (non-hydrogen) atoms. The molecular weight excluding hydrogens is 227 g/mol. The number of nitrogens with zero attached hydrogens (tertiary/aromatic N) is 1. The Balaban J connectivity index is 2.31. The molecule has 0 aromatic rings. The molecule has 0 spiro atoms. The Morgan fingerprint density at radius 3 is 2.33 bits per heavy atom. The summed E-state index contributed by atoms with van der Waals surface area (Å²) in [6.45, 7) is 8.29. The molecule has 52 valence electrons. The summed E-state index contributed by atoms with van der Waals surface area (Å²) < 4.78 is 1.16. The van der Waals surface area contributed by atoms with Crippen LogP contribution in [0, 0.1) is 0 Å². The minimum absolute atomic E-state index is 1.10. The van der Waals surface area contributed by atoms with Gasteiger partial charge in [-0.2, -0.15) is 0 Å². The summed E-state index contributed by atoms with van der Waals surface area (Å²) in [5.41, 5.74) is 0. The van der Waals surface area contributed by atoms with Crippen molar-refractivity contribution in [1.29, 1.82) is 0 Å². The van der Waals surface area contributed by atoms with Gasteiger partial charge in [0.2, 0.25) is 0 Å². The van der Waals surface area contributed by atoms with E-state index in [1.165, 1.54) is 0 Å². The molecule has 1 rings (SSSR count). The number of nitrogens with one attached hydrogen (secondary N) is 1. The third-order valence-corrected chi connectivity index (χ3v) is 2.14. The third-order valence-electron chi connectivity index (χ3n) is 1.46. The topological polar surface area (TPSA) is 15.3 Å². The number of piperazine rings is 1. The van der Waals surface area contributed by atoms with E-state index in [1.54, 1.807) is 0 Å². The quantitative estimate of drug-likeness (QED) is 0.537. The van der Waals surface area contributed by atoms with E-state index in [0.717, 1.165) is 29.9 Å². The lowest BCUT2D eigenvalue weighted by Gasteiger charge is -2.28. The Kier molecular flexibility index (Phi) is 2.78. The molecule has 1 aliphatic heterocycles. The molecule has 0 saturated carbocycles. The van der Waals surface area contributed by atoms with Crippen molar-refractivity contribution in [2.24, 2.45) is 0 Å². The second-order valence-electron chi connectivity index (χ2n) is 2.11. The van der Waals surface area contributed by atoms with Gasteiger partial charge in [-0.15, -0.1) is 0 Å². The van der Waals surface area contributed by atoms with Crippen LogP contribution in [0.15, 0.2) is 10.3 Å². The maximum Gasteiger partial charge on any atom is 0.0685 e. The van der Waals surface area contributed by atoms with Gasteiger partial charge in [0.25, 0.3) is 0 Å². The molecule has 1 saturated heterocycles. The van der Waals surface area contributed by atoms with Crippen molar-refractivity contribution in [3.8, 4) is 0 Å². The lowest BCUT2D eigenvalue weighted by molar-refractivity contribution is 0.322. The molecule has 0 bridgehead atoms. The van der Waals surface area contributed by atoms with Crippen LogP contribution in [0.1, 0.15) is 0 Å². The molecule has 3 heteroatoms. The normalized spacial score (nSPS) is 19.9. The van der Waals surface area contributed by atoms with Crippen LogP contribution in [-0.4, -0.2) is 31.1 Å². The van der Waals surface area contributed by atoms with Gasteiger partial charge < -0.3 is 10.2 Å². The largest absolute Gasteiger partial charge is 0.365 e. The van der Waals surface area contributed by atoms with Crippen LogP contribution >= 0.6 is 22.6 Å². The number of hydrogen-bond acceptors (Lipinski definition) is 2. The highest BCUT2D eigenvalue weighted by Gasteiger charge is 2.07. The van der Waals surface area contributed by atoms with E-state index >= 15 is 0 Å². The third kappa shape index (κ3) is 2.14. The molecule has 0 amide bonds. The molecule has 0 aliphatic carbocycles. The van der Waals surface area contributed by atoms with Crippen LogP contribution in [0.5, 0.6) is 0 Å². The molecule has 1 heterocycles. The van der Waals surface area contributed by atoms with Crippen molar-refractivity contribution in [3.05, 3.63) is 10.3 Å². The fraction of sp³-hybridized carbons (Fsp3) is 0.667. The summed E-state index contributed by atoms with van der Waals surface area (Å²) in [4.78, 5) is 2.29. The molecule has 1 aliphatic rings. The molecule has 2 nitrogen and oxygen atoms in total. The molecule has 0 radical (unpaired) electrons. The van der Waals surface area contributed by atoms with Crippen LogP contribution < -0.4 is 5.32 Å². The zero-order chi connectivity index (χ0) is 6.69. The lowest BCUT2D eigenvalue weighted by Crippen LogP contribution is -2.41. The Morgan fingerprint density at radius 1 is 1.44 bits per heavy atom. The van der Waals surface area contributed by atoms with Gasteiger partial charge >= 0.3 is 0 Å². The van der Waals surface area contributed by atoms with E-state index in [2.05, 4.69) is 39.4 Å². The fourth-order valence-electron chi connectivity index (χ4n) is 0.907. The first-order valence-electron chi connectivity index (χ1n) is 3.11. The summed E-state index contributed by atoms with van der Waals surface area (Å²) in [5.74, 6) is 0. The number of halogens is 1. The van der Waals surface area contributed by atoms with E-state index < -0.39 is 0 Å². The average Bonchev–Trinajstić information content (AvgIpc) is 1.90. The molecule has 1 fully saturated rings.